The van der Waals surface area contributed by atoms with Gasteiger partial charge in [-0.3, -0.25) is 0 Å². The van der Waals surface area contributed by atoms with E-state index in [0.717, 1.165) is 6.07 Å². The molecule has 16 heavy (non-hydrogen) atoms. The van der Waals surface area contributed by atoms with Gasteiger partial charge < -0.3 is 0 Å². The van der Waals surface area contributed by atoms with Crippen molar-refractivity contribution in [2.45, 2.75) is 11.5 Å². The number of halogens is 3. The first-order valence-corrected chi connectivity index (χ1v) is 6.31. The summed E-state index contributed by atoms with van der Waals surface area (Å²) in [5.74, 6) is 0. The summed E-state index contributed by atoms with van der Waals surface area (Å²) in [6, 6.07) is 2.33. The van der Waals surface area contributed by atoms with Crippen LogP contribution in [0.1, 0.15) is 17.7 Å². The quantitative estimate of drug-likeness (QED) is 0.801. The summed E-state index contributed by atoms with van der Waals surface area (Å²) in [6.07, 6.45) is -2.90. The van der Waals surface area contributed by atoms with E-state index in [2.05, 4.69) is 4.98 Å². The molecule has 0 amide bonds. The largest absolute Gasteiger partial charge is 0.265 e. The summed E-state index contributed by atoms with van der Waals surface area (Å²) in [7, 11) is -4.23. The van der Waals surface area contributed by atoms with Crippen LogP contribution in [0.3, 0.4) is 0 Å². The van der Waals surface area contributed by atoms with Crippen LogP contribution in [-0.2, 0) is 10.0 Å². The zero-order chi connectivity index (χ0) is 12.5. The number of pyridine rings is 1. The van der Waals surface area contributed by atoms with E-state index in [1.54, 1.807) is 0 Å². The normalized spacial score (nSPS) is 11.5. The van der Waals surface area contributed by atoms with Gasteiger partial charge in [-0.1, -0.05) is 0 Å². The fourth-order valence-electron chi connectivity index (χ4n) is 0.929. The Morgan fingerprint density at radius 2 is 2.12 bits per heavy atom. The van der Waals surface area contributed by atoms with Gasteiger partial charge in [-0.2, -0.15) is 5.26 Å². The van der Waals surface area contributed by atoms with E-state index in [1.165, 1.54) is 28.7 Å². The molecule has 1 aromatic heterocycles. The number of nitrogens with zero attached hydrogens (tertiary/aromatic N) is 2. The molecule has 0 aromatic carbocycles. The van der Waals surface area contributed by atoms with Gasteiger partial charge in [0, 0.05) is 5.56 Å². The topological polar surface area (TPSA) is 96.8 Å². The van der Waals surface area contributed by atoms with Crippen molar-refractivity contribution in [2.75, 3.05) is 0 Å². The molecule has 0 bridgehead atoms. The molecule has 0 aliphatic carbocycles. The average Bonchev–Trinajstić information content (AvgIpc) is 2.15. The maximum Gasteiger partial charge on any atom is 0.265 e. The highest BCUT2D eigenvalue weighted by atomic mass is 127. The third kappa shape index (κ3) is 2.63. The minimum Gasteiger partial charge on any atom is -0.223 e. The van der Waals surface area contributed by atoms with Crippen molar-refractivity contribution in [3.8, 4) is 6.07 Å². The van der Waals surface area contributed by atoms with E-state index in [1.807, 2.05) is 0 Å². The second-order valence-electron chi connectivity index (χ2n) is 2.67. The first-order chi connectivity index (χ1) is 7.27. The Labute approximate surface area is 103 Å². The van der Waals surface area contributed by atoms with E-state index in [4.69, 9.17) is 10.4 Å². The molecule has 0 atom stereocenters. The lowest BCUT2D eigenvalue weighted by Crippen LogP contribution is -2.17. The van der Waals surface area contributed by atoms with E-state index >= 15 is 0 Å². The highest BCUT2D eigenvalue weighted by Gasteiger charge is 2.23. The van der Waals surface area contributed by atoms with Crippen LogP contribution in [0.2, 0.25) is 0 Å². The zero-order valence-electron chi connectivity index (χ0n) is 7.49. The van der Waals surface area contributed by atoms with Crippen LogP contribution >= 0.6 is 22.6 Å². The molecular weight excluding hydrogens is 355 g/mol. The predicted molar refractivity (Wildman–Crippen MR) is 58.0 cm³/mol. The molecule has 1 rings (SSSR count). The second-order valence-corrected chi connectivity index (χ2v) is 5.23. The molecule has 0 saturated carbocycles. The van der Waals surface area contributed by atoms with E-state index < -0.39 is 32.7 Å². The second kappa shape index (κ2) is 4.56. The number of hydrogen-bond acceptors (Lipinski definition) is 4. The van der Waals surface area contributed by atoms with Gasteiger partial charge in [-0.25, -0.2) is 27.3 Å². The Morgan fingerprint density at radius 1 is 1.56 bits per heavy atom. The van der Waals surface area contributed by atoms with Crippen LogP contribution < -0.4 is 5.14 Å². The summed E-state index contributed by atoms with van der Waals surface area (Å²) >= 11 is 1.40. The number of sulfonamides is 1. The fraction of sp³-hybridized carbons (Fsp3) is 0.143. The summed E-state index contributed by atoms with van der Waals surface area (Å²) in [5, 5.41) is 12.6. The molecule has 2 N–H and O–H groups in total. The lowest BCUT2D eigenvalue weighted by molar-refractivity contribution is 0.150. The molecule has 9 heteroatoms. The van der Waals surface area contributed by atoms with Crippen LogP contribution in [0, 0.1) is 14.9 Å². The Kier molecular flexibility index (Phi) is 3.76. The molecule has 0 aliphatic rings. The van der Waals surface area contributed by atoms with Crippen molar-refractivity contribution in [3.05, 3.63) is 20.9 Å². The highest BCUT2D eigenvalue weighted by Crippen LogP contribution is 2.28. The monoisotopic (exact) mass is 359 g/mol. The Balaban J connectivity index is 3.65. The summed E-state index contributed by atoms with van der Waals surface area (Å²) in [6.45, 7) is 0. The van der Waals surface area contributed by atoms with Crippen molar-refractivity contribution in [2.24, 2.45) is 5.14 Å². The van der Waals surface area contributed by atoms with Crippen molar-refractivity contribution in [1.82, 2.24) is 4.98 Å². The SMILES string of the molecule is N#Cc1cc(C(F)F)c(I)c(S(N)(=O)=O)n1. The zero-order valence-corrected chi connectivity index (χ0v) is 10.5. The predicted octanol–water partition coefficient (Wildman–Crippen LogP) is 1.14. The number of hydrogen-bond donors (Lipinski definition) is 1. The van der Waals surface area contributed by atoms with Crippen molar-refractivity contribution < 1.29 is 17.2 Å². The molecule has 0 aliphatic heterocycles. The van der Waals surface area contributed by atoms with Crippen LogP contribution in [0.15, 0.2) is 11.1 Å². The first-order valence-electron chi connectivity index (χ1n) is 3.69. The lowest BCUT2D eigenvalue weighted by atomic mass is 10.2. The third-order valence-electron chi connectivity index (χ3n) is 1.57. The first kappa shape index (κ1) is 13.2. The van der Waals surface area contributed by atoms with E-state index in [-0.39, 0.29) is 3.57 Å². The van der Waals surface area contributed by atoms with E-state index in [9.17, 15) is 17.2 Å². The van der Waals surface area contributed by atoms with Crippen LogP contribution in [0.4, 0.5) is 8.78 Å². The molecule has 0 fully saturated rings. The molecule has 0 spiro atoms. The number of nitrogens with two attached hydrogens (primary N) is 1. The van der Waals surface area contributed by atoms with E-state index in [0.29, 0.717) is 0 Å². The summed E-state index contributed by atoms with van der Waals surface area (Å²) in [4.78, 5) is 3.39. The molecule has 5 nitrogen and oxygen atoms in total. The van der Waals surface area contributed by atoms with Crippen LogP contribution in [0.5, 0.6) is 0 Å². The van der Waals surface area contributed by atoms with Crippen molar-refractivity contribution in [1.29, 1.82) is 5.26 Å². The molecule has 0 saturated heterocycles. The molecule has 1 heterocycles. The van der Waals surface area contributed by atoms with Gasteiger partial charge in [0.15, 0.2) is 5.03 Å². The highest BCUT2D eigenvalue weighted by molar-refractivity contribution is 14.1. The van der Waals surface area contributed by atoms with Gasteiger partial charge in [-0.15, -0.1) is 0 Å². The smallest absolute Gasteiger partial charge is 0.223 e. The third-order valence-corrected chi connectivity index (χ3v) is 3.91. The average molecular weight is 359 g/mol. The number of rotatable bonds is 2. The molecule has 86 valence electrons. The minimum atomic E-state index is -4.23. The summed E-state index contributed by atoms with van der Waals surface area (Å²) < 4.78 is 46.9. The molecule has 1 aromatic rings. The number of aromatic nitrogens is 1. The lowest BCUT2D eigenvalue weighted by Gasteiger charge is -2.07. The van der Waals surface area contributed by atoms with Crippen molar-refractivity contribution >= 4 is 32.6 Å². The van der Waals surface area contributed by atoms with Crippen molar-refractivity contribution in [3.63, 3.8) is 0 Å². The maximum absolute atomic E-state index is 12.5. The van der Waals surface area contributed by atoms with Gasteiger partial charge in [0.1, 0.15) is 11.8 Å². The van der Waals surface area contributed by atoms with Gasteiger partial charge in [0.2, 0.25) is 0 Å². The Bertz CT molecular complexity index is 568. The molecule has 0 radical (unpaired) electrons. The fourth-order valence-corrected chi connectivity index (χ4v) is 2.96. The number of nitriles is 1. The Hall–Kier alpha value is -0.860. The van der Waals surface area contributed by atoms with Gasteiger partial charge in [0.05, 0.1) is 3.57 Å². The molecular formula is C7H4F2IN3O2S. The Morgan fingerprint density at radius 3 is 2.50 bits per heavy atom. The van der Waals surface area contributed by atoms with Crippen LogP contribution in [-0.4, -0.2) is 13.4 Å². The number of alkyl halides is 2. The summed E-state index contributed by atoms with van der Waals surface area (Å²) in [5.41, 5.74) is -0.990. The van der Waals surface area contributed by atoms with Gasteiger partial charge in [-0.05, 0) is 28.7 Å². The maximum atomic E-state index is 12.5. The number of primary sulfonamides is 1. The standard InChI is InChI=1S/C7H4F2IN3O2S/c8-6(9)4-1-3(2-11)13-7(5(4)10)16(12,14)15/h1,6H,(H2,12,14,15). The van der Waals surface area contributed by atoms with Crippen LogP contribution in [0.25, 0.3) is 0 Å². The molecule has 0 unspecified atom stereocenters. The van der Waals surface area contributed by atoms with Gasteiger partial charge in [0.25, 0.3) is 16.4 Å². The minimum absolute atomic E-state index is 0.269. The van der Waals surface area contributed by atoms with Gasteiger partial charge >= 0.3 is 0 Å².